The minimum Gasteiger partial charge on any atom is -0.246 e. The van der Waals surface area contributed by atoms with Crippen LogP contribution in [0.1, 0.15) is 5.56 Å². The third-order valence-corrected chi connectivity index (χ3v) is 6.03. The SMILES string of the molecule is Clc1ccc(CSc2nccn3nc(-c4cccc5ccccc45)cc23)cc1. The predicted octanol–water partition coefficient (Wildman–Crippen LogP) is 6.50. The summed E-state index contributed by atoms with van der Waals surface area (Å²) in [5.74, 6) is 0.832. The van der Waals surface area contributed by atoms with Gasteiger partial charge in [-0.3, -0.25) is 0 Å². The number of hydrogen-bond acceptors (Lipinski definition) is 3. The zero-order valence-electron chi connectivity index (χ0n) is 14.9. The van der Waals surface area contributed by atoms with Crippen molar-refractivity contribution in [3.63, 3.8) is 0 Å². The number of rotatable bonds is 4. The molecule has 0 saturated heterocycles. The van der Waals surface area contributed by atoms with Gasteiger partial charge < -0.3 is 0 Å². The first-order valence-corrected chi connectivity index (χ1v) is 10.3. The lowest BCUT2D eigenvalue weighted by atomic mass is 10.0. The van der Waals surface area contributed by atoms with Crippen molar-refractivity contribution in [1.29, 1.82) is 0 Å². The molecule has 0 aliphatic rings. The van der Waals surface area contributed by atoms with E-state index in [0.29, 0.717) is 0 Å². The number of thioether (sulfide) groups is 1. The number of fused-ring (bicyclic) bond motifs is 2. The molecule has 0 fully saturated rings. The molecule has 136 valence electrons. The van der Waals surface area contributed by atoms with Crippen LogP contribution in [0.4, 0.5) is 0 Å². The molecule has 0 N–H and O–H groups in total. The maximum atomic E-state index is 5.98. The van der Waals surface area contributed by atoms with E-state index in [1.54, 1.807) is 18.0 Å². The Morgan fingerprint density at radius 2 is 1.75 bits per heavy atom. The first kappa shape index (κ1) is 17.3. The molecule has 0 bridgehead atoms. The maximum Gasteiger partial charge on any atom is 0.122 e. The van der Waals surface area contributed by atoms with E-state index < -0.39 is 0 Å². The van der Waals surface area contributed by atoms with E-state index in [1.165, 1.54) is 16.3 Å². The second kappa shape index (κ2) is 7.30. The first-order chi connectivity index (χ1) is 13.8. The normalized spacial score (nSPS) is 11.3. The Balaban J connectivity index is 1.53. The predicted molar refractivity (Wildman–Crippen MR) is 117 cm³/mol. The Hall–Kier alpha value is -2.82. The van der Waals surface area contributed by atoms with Gasteiger partial charge in [-0.1, -0.05) is 78.0 Å². The maximum absolute atomic E-state index is 5.98. The number of aromatic nitrogens is 3. The molecule has 3 aromatic carbocycles. The lowest BCUT2D eigenvalue weighted by Crippen LogP contribution is -1.91. The third kappa shape index (κ3) is 3.26. The van der Waals surface area contributed by atoms with Crippen LogP contribution >= 0.6 is 23.4 Å². The van der Waals surface area contributed by atoms with Crippen molar-refractivity contribution in [2.75, 3.05) is 0 Å². The van der Waals surface area contributed by atoms with Crippen molar-refractivity contribution in [2.24, 2.45) is 0 Å². The number of benzene rings is 3. The fourth-order valence-corrected chi connectivity index (χ4v) is 4.38. The summed E-state index contributed by atoms with van der Waals surface area (Å²) in [5, 5.41) is 8.95. The smallest absolute Gasteiger partial charge is 0.122 e. The molecule has 0 aliphatic heterocycles. The topological polar surface area (TPSA) is 30.2 Å². The van der Waals surface area contributed by atoms with Crippen molar-refractivity contribution in [1.82, 2.24) is 14.6 Å². The van der Waals surface area contributed by atoms with Gasteiger partial charge in [-0.2, -0.15) is 5.10 Å². The van der Waals surface area contributed by atoms with E-state index in [2.05, 4.69) is 53.5 Å². The van der Waals surface area contributed by atoms with Crippen molar-refractivity contribution in [3.8, 4) is 11.3 Å². The Morgan fingerprint density at radius 3 is 2.64 bits per heavy atom. The van der Waals surface area contributed by atoms with Gasteiger partial charge in [0.15, 0.2) is 0 Å². The van der Waals surface area contributed by atoms with Gasteiger partial charge in [0.05, 0.1) is 11.2 Å². The van der Waals surface area contributed by atoms with Crippen LogP contribution in [0.5, 0.6) is 0 Å². The highest BCUT2D eigenvalue weighted by Gasteiger charge is 2.12. The van der Waals surface area contributed by atoms with Crippen molar-refractivity contribution >= 4 is 39.7 Å². The van der Waals surface area contributed by atoms with Crippen molar-refractivity contribution in [2.45, 2.75) is 10.8 Å². The Morgan fingerprint density at radius 1 is 0.929 bits per heavy atom. The lowest BCUT2D eigenvalue weighted by molar-refractivity contribution is 0.921. The fourth-order valence-electron chi connectivity index (χ4n) is 3.32. The molecule has 0 atom stereocenters. The molecule has 2 aromatic heterocycles. The molecule has 5 aromatic rings. The Kier molecular flexibility index (Phi) is 4.51. The van der Waals surface area contributed by atoms with E-state index in [0.717, 1.165) is 32.6 Å². The third-order valence-electron chi connectivity index (χ3n) is 4.71. The van der Waals surface area contributed by atoms with E-state index in [-0.39, 0.29) is 0 Å². The minimum atomic E-state index is 0.754. The summed E-state index contributed by atoms with van der Waals surface area (Å²) in [4.78, 5) is 4.58. The lowest BCUT2D eigenvalue weighted by Gasteiger charge is -2.03. The average Bonchev–Trinajstić information content (AvgIpc) is 3.18. The molecule has 28 heavy (non-hydrogen) atoms. The van der Waals surface area contributed by atoms with Gasteiger partial charge in [0.2, 0.25) is 0 Å². The quantitative estimate of drug-likeness (QED) is 0.322. The fraction of sp³-hybridized carbons (Fsp3) is 0.0435. The molecular weight excluding hydrogens is 386 g/mol. The summed E-state index contributed by atoms with van der Waals surface area (Å²) < 4.78 is 1.91. The van der Waals surface area contributed by atoms with E-state index in [1.807, 2.05) is 35.0 Å². The van der Waals surface area contributed by atoms with E-state index in [9.17, 15) is 0 Å². The van der Waals surface area contributed by atoms with Crippen LogP contribution in [0, 0.1) is 0 Å². The van der Waals surface area contributed by atoms with Gasteiger partial charge in [-0.15, -0.1) is 0 Å². The Bertz CT molecular complexity index is 1270. The average molecular weight is 402 g/mol. The van der Waals surface area contributed by atoms with Crippen LogP contribution < -0.4 is 0 Å². The largest absolute Gasteiger partial charge is 0.246 e. The van der Waals surface area contributed by atoms with Crippen LogP contribution in [0.2, 0.25) is 5.02 Å². The number of hydrogen-bond donors (Lipinski definition) is 0. The van der Waals surface area contributed by atoms with Crippen molar-refractivity contribution < 1.29 is 0 Å². The van der Waals surface area contributed by atoms with Crippen LogP contribution in [0.3, 0.4) is 0 Å². The van der Waals surface area contributed by atoms with Gasteiger partial charge in [0, 0.05) is 28.7 Å². The van der Waals surface area contributed by atoms with Gasteiger partial charge in [-0.05, 0) is 34.5 Å². The Labute approximate surface area is 172 Å². The highest BCUT2D eigenvalue weighted by atomic mass is 35.5. The molecule has 0 radical (unpaired) electrons. The number of nitrogens with zero attached hydrogens (tertiary/aromatic N) is 3. The second-order valence-electron chi connectivity index (χ2n) is 6.53. The van der Waals surface area contributed by atoms with Gasteiger partial charge >= 0.3 is 0 Å². The monoisotopic (exact) mass is 401 g/mol. The molecular formula is C23H16ClN3S. The first-order valence-electron chi connectivity index (χ1n) is 8.98. The van der Waals surface area contributed by atoms with E-state index >= 15 is 0 Å². The molecule has 0 amide bonds. The number of halogens is 1. The van der Waals surface area contributed by atoms with Crippen LogP contribution in [0.15, 0.2) is 90.2 Å². The minimum absolute atomic E-state index is 0.754. The highest BCUT2D eigenvalue weighted by molar-refractivity contribution is 7.98. The second-order valence-corrected chi connectivity index (χ2v) is 7.93. The standard InChI is InChI=1S/C23H16ClN3S/c24-18-10-8-16(9-11-18)15-28-23-22-14-21(26-27(22)13-12-25-23)20-7-3-5-17-4-1-2-6-19(17)20/h1-14H,15H2. The summed E-state index contributed by atoms with van der Waals surface area (Å²) in [5.41, 5.74) is 4.32. The van der Waals surface area contributed by atoms with Gasteiger partial charge in [0.25, 0.3) is 0 Å². The zero-order valence-corrected chi connectivity index (χ0v) is 16.5. The van der Waals surface area contributed by atoms with Crippen LogP contribution in [-0.4, -0.2) is 14.6 Å². The van der Waals surface area contributed by atoms with E-state index in [4.69, 9.17) is 16.7 Å². The molecule has 0 spiro atoms. The summed E-state index contributed by atoms with van der Waals surface area (Å²) in [6.07, 6.45) is 3.70. The molecule has 3 nitrogen and oxygen atoms in total. The summed E-state index contributed by atoms with van der Waals surface area (Å²) in [6, 6.07) is 24.8. The zero-order chi connectivity index (χ0) is 18.9. The summed E-state index contributed by atoms with van der Waals surface area (Å²) in [6.45, 7) is 0. The highest BCUT2D eigenvalue weighted by Crippen LogP contribution is 2.31. The van der Waals surface area contributed by atoms with Crippen LogP contribution in [0.25, 0.3) is 27.5 Å². The van der Waals surface area contributed by atoms with Crippen molar-refractivity contribution in [3.05, 3.63) is 95.8 Å². The summed E-state index contributed by atoms with van der Waals surface area (Å²) in [7, 11) is 0. The molecule has 0 saturated carbocycles. The summed E-state index contributed by atoms with van der Waals surface area (Å²) >= 11 is 7.68. The molecule has 0 aliphatic carbocycles. The van der Waals surface area contributed by atoms with Crippen LogP contribution in [-0.2, 0) is 5.75 Å². The van der Waals surface area contributed by atoms with Gasteiger partial charge in [0.1, 0.15) is 5.03 Å². The molecule has 0 unspecified atom stereocenters. The molecule has 5 rings (SSSR count). The molecule has 5 heteroatoms. The molecule has 2 heterocycles. The van der Waals surface area contributed by atoms with Gasteiger partial charge in [-0.25, -0.2) is 9.50 Å².